The summed E-state index contributed by atoms with van der Waals surface area (Å²) in [5.74, 6) is -0.380. The molecule has 0 unspecified atom stereocenters. The molecule has 0 radical (unpaired) electrons. The fraction of sp³-hybridized carbons (Fsp3) is 0.667. The van der Waals surface area contributed by atoms with Gasteiger partial charge in [0.05, 0.1) is 13.7 Å². The topological polar surface area (TPSA) is 52.3 Å². The third kappa shape index (κ3) is 17.9. The van der Waals surface area contributed by atoms with Crippen LogP contribution >= 0.6 is 0 Å². The predicted molar refractivity (Wildman–Crippen MR) is 42.5 cm³/mol. The number of nitrogens with two attached hydrogens (primary N) is 1. The van der Waals surface area contributed by atoms with Gasteiger partial charge in [-0.25, -0.2) is 0 Å². The molecule has 0 atom stereocenters. The van der Waals surface area contributed by atoms with E-state index in [4.69, 9.17) is 5.73 Å². The number of esters is 1. The van der Waals surface area contributed by atoms with Gasteiger partial charge >= 0.3 is 94.6 Å². The zero-order chi connectivity index (χ0) is 4.99. The second-order valence-corrected chi connectivity index (χ2v) is 0.780. The van der Waals surface area contributed by atoms with Crippen LogP contribution in [0, 0.1) is 0 Å². The summed E-state index contributed by atoms with van der Waals surface area (Å²) in [6, 6.07) is 0. The summed E-state index contributed by atoms with van der Waals surface area (Å²) >= 11 is 0. The molecule has 6 heteroatoms. The molecule has 0 saturated carbocycles. The fourth-order valence-corrected chi connectivity index (χ4v) is 0.0833. The normalized spacial score (nSPS) is 5.11. The summed E-state index contributed by atoms with van der Waals surface area (Å²) in [6.07, 6.45) is 0. The maximum absolute atomic E-state index is 9.83. The van der Waals surface area contributed by atoms with Crippen molar-refractivity contribution in [3.63, 3.8) is 0 Å². The van der Waals surface area contributed by atoms with Crippen molar-refractivity contribution in [2.24, 2.45) is 5.73 Å². The van der Waals surface area contributed by atoms with E-state index in [2.05, 4.69) is 4.74 Å². The average Bonchev–Trinajstić information content (AvgIpc) is 1.65. The van der Waals surface area contributed by atoms with Gasteiger partial charge in [0.2, 0.25) is 0 Å². The minimum absolute atomic E-state index is 0. The Kier molecular flexibility index (Phi) is 42.0. The van der Waals surface area contributed by atoms with Crippen LogP contribution in [0.3, 0.4) is 0 Å². The van der Waals surface area contributed by atoms with E-state index in [0.717, 1.165) is 0 Å². The Morgan fingerprint density at radius 2 is 1.78 bits per heavy atom. The molecule has 9 heavy (non-hydrogen) atoms. The van der Waals surface area contributed by atoms with Crippen molar-refractivity contribution in [3.05, 3.63) is 0 Å². The molecule has 0 aliphatic carbocycles. The molecule has 0 aromatic carbocycles. The van der Waals surface area contributed by atoms with Crippen LogP contribution in [0.2, 0.25) is 0 Å². The molecule has 0 bridgehead atoms. The van der Waals surface area contributed by atoms with Gasteiger partial charge in [-0.3, -0.25) is 4.79 Å². The number of hydrogen-bond donors (Lipinski definition) is 1. The van der Waals surface area contributed by atoms with Crippen LogP contribution in [-0.4, -0.2) is 108 Å². The summed E-state index contributed by atoms with van der Waals surface area (Å²) in [4.78, 5) is 9.83. The molecule has 0 amide bonds. The Balaban J connectivity index is -0.0000000417. The molecule has 3 nitrogen and oxygen atoms in total. The first-order valence-corrected chi connectivity index (χ1v) is 1.58. The standard InChI is InChI=1S/C3H7NO2.3Na.3H/c1-6-3(5)2-4;;;;;;/h2,4H2,1H3;;;;;;. The van der Waals surface area contributed by atoms with E-state index >= 15 is 0 Å². The van der Waals surface area contributed by atoms with Gasteiger partial charge in [0.15, 0.2) is 0 Å². The van der Waals surface area contributed by atoms with Crippen molar-refractivity contribution >= 4 is 94.6 Å². The van der Waals surface area contributed by atoms with Crippen molar-refractivity contribution in [2.75, 3.05) is 13.7 Å². The van der Waals surface area contributed by atoms with Crippen LogP contribution < -0.4 is 5.73 Å². The fourth-order valence-electron chi connectivity index (χ4n) is 0.0833. The van der Waals surface area contributed by atoms with E-state index in [0.29, 0.717) is 0 Å². The molecule has 0 aliphatic rings. The Morgan fingerprint density at radius 1 is 1.44 bits per heavy atom. The molecule has 42 valence electrons. The summed E-state index contributed by atoms with van der Waals surface area (Å²) in [7, 11) is 1.30. The van der Waals surface area contributed by atoms with Gasteiger partial charge in [-0.15, -0.1) is 0 Å². The first-order valence-electron chi connectivity index (χ1n) is 1.58. The molecule has 0 fully saturated rings. The maximum atomic E-state index is 9.83. The van der Waals surface area contributed by atoms with Gasteiger partial charge in [0.25, 0.3) is 0 Å². The van der Waals surface area contributed by atoms with Crippen molar-refractivity contribution in [2.45, 2.75) is 0 Å². The SMILES string of the molecule is COC(=O)CN.[NaH].[NaH].[NaH]. The molecular weight excluding hydrogens is 151 g/mol. The number of rotatable bonds is 1. The van der Waals surface area contributed by atoms with E-state index in [1.54, 1.807) is 0 Å². The molecule has 0 saturated heterocycles. The third-order valence-electron chi connectivity index (χ3n) is 0.394. The molecule has 0 rings (SSSR count). The van der Waals surface area contributed by atoms with Crippen LogP contribution in [0.4, 0.5) is 0 Å². The zero-order valence-corrected chi connectivity index (χ0v) is 3.60. The van der Waals surface area contributed by atoms with Crippen molar-refractivity contribution < 1.29 is 9.53 Å². The van der Waals surface area contributed by atoms with Gasteiger partial charge in [-0.1, -0.05) is 0 Å². The van der Waals surface area contributed by atoms with Gasteiger partial charge in [0.1, 0.15) is 0 Å². The number of hydrogen-bond acceptors (Lipinski definition) is 3. The monoisotopic (exact) mass is 161 g/mol. The Labute approximate surface area is 121 Å². The molecule has 0 spiro atoms. The molecule has 0 aromatic rings. The predicted octanol–water partition coefficient (Wildman–Crippen LogP) is -2.83. The quantitative estimate of drug-likeness (QED) is 0.333. The second kappa shape index (κ2) is 16.8. The number of methoxy groups -OCH3 is 1. The minimum atomic E-state index is -0.380. The summed E-state index contributed by atoms with van der Waals surface area (Å²) in [6.45, 7) is -0.0312. The van der Waals surface area contributed by atoms with Gasteiger partial charge in [-0.05, 0) is 0 Å². The molecule has 0 aromatic heterocycles. The van der Waals surface area contributed by atoms with Crippen LogP contribution in [0.25, 0.3) is 0 Å². The van der Waals surface area contributed by atoms with Crippen LogP contribution in [-0.2, 0) is 9.53 Å². The van der Waals surface area contributed by atoms with Crippen LogP contribution in [0.5, 0.6) is 0 Å². The summed E-state index contributed by atoms with van der Waals surface area (Å²) < 4.78 is 4.14. The summed E-state index contributed by atoms with van der Waals surface area (Å²) in [5, 5.41) is 0. The first-order chi connectivity index (χ1) is 2.81. The molecule has 0 aliphatic heterocycles. The van der Waals surface area contributed by atoms with E-state index in [1.165, 1.54) is 7.11 Å². The van der Waals surface area contributed by atoms with E-state index in [1.807, 2.05) is 0 Å². The zero-order valence-electron chi connectivity index (χ0n) is 3.60. The van der Waals surface area contributed by atoms with Crippen LogP contribution in [0.15, 0.2) is 0 Å². The number of carbonyl (C=O) groups excluding carboxylic acids is 1. The Bertz CT molecular complexity index is 55.0. The number of carbonyl (C=O) groups is 1. The van der Waals surface area contributed by atoms with Gasteiger partial charge < -0.3 is 10.5 Å². The first kappa shape index (κ1) is 22.5. The second-order valence-electron chi connectivity index (χ2n) is 0.780. The van der Waals surface area contributed by atoms with E-state index in [9.17, 15) is 4.79 Å². The average molecular weight is 161 g/mol. The van der Waals surface area contributed by atoms with E-state index in [-0.39, 0.29) is 101 Å². The molecule has 0 heterocycles. The Hall–Kier alpha value is 2.43. The van der Waals surface area contributed by atoms with Crippen molar-refractivity contribution in [1.82, 2.24) is 0 Å². The van der Waals surface area contributed by atoms with Crippen molar-refractivity contribution in [3.8, 4) is 0 Å². The van der Waals surface area contributed by atoms with Crippen molar-refractivity contribution in [1.29, 1.82) is 0 Å². The number of ether oxygens (including phenoxy) is 1. The molecular formula is C3H10NNa3O2. The van der Waals surface area contributed by atoms with Gasteiger partial charge in [-0.2, -0.15) is 0 Å². The molecule has 2 N–H and O–H groups in total. The summed E-state index contributed by atoms with van der Waals surface area (Å²) in [5.41, 5.74) is 4.81. The van der Waals surface area contributed by atoms with Gasteiger partial charge in [0, 0.05) is 0 Å². The Morgan fingerprint density at radius 3 is 1.78 bits per heavy atom. The third-order valence-corrected chi connectivity index (χ3v) is 0.394. The van der Waals surface area contributed by atoms with Crippen LogP contribution in [0.1, 0.15) is 0 Å². The van der Waals surface area contributed by atoms with E-state index < -0.39 is 0 Å².